The summed E-state index contributed by atoms with van der Waals surface area (Å²) in [7, 11) is 0. The van der Waals surface area contributed by atoms with Gasteiger partial charge < -0.3 is 4.74 Å². The first-order valence-corrected chi connectivity index (χ1v) is 7.31. The van der Waals surface area contributed by atoms with Crippen LogP contribution >= 0.6 is 11.8 Å². The van der Waals surface area contributed by atoms with Crippen LogP contribution in [0.5, 0.6) is 0 Å². The zero-order chi connectivity index (χ0) is 17.7. The summed E-state index contributed by atoms with van der Waals surface area (Å²) >= 11 is 0.0486. The number of hydrogen-bond acceptors (Lipinski definition) is 5. The lowest BCUT2D eigenvalue weighted by molar-refractivity contribution is 0.0469. The lowest BCUT2D eigenvalue weighted by Gasteiger charge is -2.08. The van der Waals surface area contributed by atoms with E-state index < -0.39 is 41.3 Å². The van der Waals surface area contributed by atoms with Crippen molar-refractivity contribution in [3.8, 4) is 0 Å². The highest BCUT2D eigenvalue weighted by Crippen LogP contribution is 2.26. The number of nitrogens with zero attached hydrogens (tertiary/aromatic N) is 1. The molecule has 0 radical (unpaired) electrons. The van der Waals surface area contributed by atoms with E-state index in [9.17, 15) is 27.2 Å². The molecule has 0 saturated heterocycles. The summed E-state index contributed by atoms with van der Waals surface area (Å²) < 4.78 is 56.0. The molecule has 24 heavy (non-hydrogen) atoms. The molecule has 0 bridgehead atoms. The van der Waals surface area contributed by atoms with Crippen molar-refractivity contribution in [2.45, 2.75) is 10.8 Å². The molecule has 0 aliphatic heterocycles. The summed E-state index contributed by atoms with van der Waals surface area (Å²) in [5.74, 6) is -6.63. The summed E-state index contributed by atoms with van der Waals surface area (Å²) in [4.78, 5) is 27.3. The number of thioether (sulfide) groups is 1. The van der Waals surface area contributed by atoms with Crippen molar-refractivity contribution >= 4 is 23.5 Å². The quantitative estimate of drug-likeness (QED) is 0.341. The van der Waals surface area contributed by atoms with Gasteiger partial charge in [0.05, 0.1) is 11.1 Å². The number of aromatic nitrogens is 1. The summed E-state index contributed by atoms with van der Waals surface area (Å²) in [5, 5.41) is -0.262. The summed E-state index contributed by atoms with van der Waals surface area (Å²) in [6.45, 7) is -0.868. The van der Waals surface area contributed by atoms with Gasteiger partial charge in [0.2, 0.25) is 5.78 Å². The number of ketones is 1. The predicted octanol–water partition coefficient (Wildman–Crippen LogP) is 3.71. The first-order valence-electron chi connectivity index (χ1n) is 6.43. The number of alkyl halides is 2. The monoisotopic (exact) mass is 359 g/mol. The van der Waals surface area contributed by atoms with Crippen LogP contribution in [0.4, 0.5) is 17.6 Å². The molecule has 0 fully saturated rings. The van der Waals surface area contributed by atoms with Crippen LogP contribution in [0.25, 0.3) is 0 Å². The molecule has 0 aliphatic rings. The van der Waals surface area contributed by atoms with Crippen LogP contribution in [0.2, 0.25) is 0 Å². The largest absolute Gasteiger partial charge is 0.454 e. The maximum absolute atomic E-state index is 13.5. The smallest absolute Gasteiger partial charge is 0.341 e. The Morgan fingerprint density at radius 3 is 2.62 bits per heavy atom. The van der Waals surface area contributed by atoms with Gasteiger partial charge in [-0.25, -0.2) is 18.6 Å². The molecule has 126 valence electrons. The van der Waals surface area contributed by atoms with Gasteiger partial charge >= 0.3 is 5.97 Å². The molecular weight excluding hydrogens is 350 g/mol. The van der Waals surface area contributed by atoms with Gasteiger partial charge in [0, 0.05) is 6.20 Å². The van der Waals surface area contributed by atoms with Gasteiger partial charge in [-0.3, -0.25) is 4.79 Å². The van der Waals surface area contributed by atoms with Crippen LogP contribution in [-0.4, -0.2) is 29.1 Å². The van der Waals surface area contributed by atoms with E-state index in [0.717, 1.165) is 12.1 Å². The maximum Gasteiger partial charge on any atom is 0.341 e. The fraction of sp³-hybridized carbons (Fsp3) is 0.133. The van der Waals surface area contributed by atoms with Crippen molar-refractivity contribution in [3.05, 3.63) is 59.3 Å². The SMILES string of the molecule is O=C(COC(=O)c1cccnc1SC(F)F)c1cc(F)ccc1F. The number of rotatable bonds is 6. The Hall–Kier alpha value is -2.42. The van der Waals surface area contributed by atoms with E-state index >= 15 is 0 Å². The predicted molar refractivity (Wildman–Crippen MR) is 77.1 cm³/mol. The second kappa shape index (κ2) is 7.91. The minimum atomic E-state index is -2.80. The zero-order valence-corrected chi connectivity index (χ0v) is 12.7. The van der Waals surface area contributed by atoms with Gasteiger partial charge in [-0.2, -0.15) is 8.78 Å². The highest BCUT2D eigenvalue weighted by Gasteiger charge is 2.20. The molecule has 1 aromatic carbocycles. The first kappa shape index (κ1) is 17.9. The third kappa shape index (κ3) is 4.54. The fourth-order valence-corrected chi connectivity index (χ4v) is 2.29. The van der Waals surface area contributed by atoms with Gasteiger partial charge in [0.1, 0.15) is 16.7 Å². The Labute approximate surface area is 137 Å². The topological polar surface area (TPSA) is 56.3 Å². The summed E-state index contributed by atoms with van der Waals surface area (Å²) in [6, 6.07) is 4.81. The second-order valence-corrected chi connectivity index (χ2v) is 5.34. The van der Waals surface area contributed by atoms with E-state index in [4.69, 9.17) is 0 Å². The van der Waals surface area contributed by atoms with E-state index in [0.29, 0.717) is 6.07 Å². The standard InChI is InChI=1S/C15H9F4NO3S/c16-8-3-4-11(17)10(6-8)12(21)7-23-14(22)9-2-1-5-20-13(9)24-15(18)19/h1-6,15H,7H2. The van der Waals surface area contributed by atoms with Crippen LogP contribution in [0.1, 0.15) is 20.7 Å². The Balaban J connectivity index is 2.08. The molecule has 0 amide bonds. The Bertz CT molecular complexity index is 770. The van der Waals surface area contributed by atoms with Gasteiger partial charge in [-0.05, 0) is 42.1 Å². The molecule has 2 rings (SSSR count). The van der Waals surface area contributed by atoms with E-state index in [1.807, 2.05) is 0 Å². The molecule has 2 aromatic rings. The minimum absolute atomic E-state index is 0.0486. The number of Topliss-reactive ketones (excluding diaryl/α,β-unsaturated/α-hetero) is 1. The van der Waals surface area contributed by atoms with Gasteiger partial charge in [-0.1, -0.05) is 0 Å². The van der Waals surface area contributed by atoms with Crippen molar-refractivity contribution in [3.63, 3.8) is 0 Å². The van der Waals surface area contributed by atoms with E-state index in [1.165, 1.54) is 18.3 Å². The van der Waals surface area contributed by atoms with Gasteiger partial charge in [0.15, 0.2) is 6.61 Å². The Kier molecular flexibility index (Phi) is 5.91. The number of hydrogen-bond donors (Lipinski definition) is 0. The van der Waals surface area contributed by atoms with Crippen LogP contribution < -0.4 is 0 Å². The van der Waals surface area contributed by atoms with E-state index in [-0.39, 0.29) is 22.4 Å². The normalized spacial score (nSPS) is 10.7. The molecule has 0 atom stereocenters. The van der Waals surface area contributed by atoms with Gasteiger partial charge in [-0.15, -0.1) is 0 Å². The lowest BCUT2D eigenvalue weighted by atomic mass is 10.1. The molecule has 1 heterocycles. The molecule has 0 unspecified atom stereocenters. The van der Waals surface area contributed by atoms with Gasteiger partial charge in [0.25, 0.3) is 5.76 Å². The molecule has 0 N–H and O–H groups in total. The first-order chi connectivity index (χ1) is 11.4. The van der Waals surface area contributed by atoms with E-state index in [2.05, 4.69) is 9.72 Å². The average molecular weight is 359 g/mol. The molecule has 0 aliphatic carbocycles. The van der Waals surface area contributed by atoms with Crippen LogP contribution in [0.15, 0.2) is 41.6 Å². The highest BCUT2D eigenvalue weighted by molar-refractivity contribution is 7.99. The number of esters is 1. The highest BCUT2D eigenvalue weighted by atomic mass is 32.2. The molecule has 9 heteroatoms. The molecule has 4 nitrogen and oxygen atoms in total. The van der Waals surface area contributed by atoms with Crippen molar-refractivity contribution in [1.82, 2.24) is 4.98 Å². The van der Waals surface area contributed by atoms with Crippen molar-refractivity contribution in [2.75, 3.05) is 6.61 Å². The third-order valence-electron chi connectivity index (χ3n) is 2.75. The van der Waals surface area contributed by atoms with Crippen molar-refractivity contribution in [2.24, 2.45) is 0 Å². The summed E-state index contributed by atoms with van der Waals surface area (Å²) in [6.07, 6.45) is 1.22. The maximum atomic E-state index is 13.5. The molecule has 0 spiro atoms. The summed E-state index contributed by atoms with van der Waals surface area (Å²) in [5.41, 5.74) is -0.827. The number of carbonyl (C=O) groups excluding carboxylic acids is 2. The third-order valence-corrected chi connectivity index (χ3v) is 3.48. The lowest BCUT2D eigenvalue weighted by Crippen LogP contribution is -2.16. The number of carbonyl (C=O) groups is 2. The van der Waals surface area contributed by atoms with Crippen LogP contribution in [-0.2, 0) is 4.74 Å². The molecular formula is C15H9F4NO3S. The Morgan fingerprint density at radius 2 is 1.92 bits per heavy atom. The average Bonchev–Trinajstić information content (AvgIpc) is 2.54. The van der Waals surface area contributed by atoms with Crippen molar-refractivity contribution in [1.29, 1.82) is 0 Å². The second-order valence-electron chi connectivity index (χ2n) is 4.36. The van der Waals surface area contributed by atoms with Crippen LogP contribution in [0, 0.1) is 11.6 Å². The number of ether oxygens (including phenoxy) is 1. The van der Waals surface area contributed by atoms with Crippen molar-refractivity contribution < 1.29 is 31.9 Å². The molecule has 0 saturated carbocycles. The Morgan fingerprint density at radius 1 is 1.17 bits per heavy atom. The number of pyridine rings is 1. The van der Waals surface area contributed by atoms with E-state index in [1.54, 1.807) is 0 Å². The number of halogens is 4. The molecule has 1 aromatic heterocycles. The fourth-order valence-electron chi connectivity index (χ4n) is 1.72. The minimum Gasteiger partial charge on any atom is -0.454 e. The number of benzene rings is 1. The zero-order valence-electron chi connectivity index (χ0n) is 11.8. The van der Waals surface area contributed by atoms with Crippen LogP contribution in [0.3, 0.4) is 0 Å².